The first kappa shape index (κ1) is 13.0. The van der Waals surface area contributed by atoms with Crippen molar-refractivity contribution in [2.45, 2.75) is 25.3 Å². The van der Waals surface area contributed by atoms with Crippen molar-refractivity contribution in [3.8, 4) is 0 Å². The second-order valence-electron chi connectivity index (χ2n) is 5.15. The molecule has 0 N–H and O–H groups in total. The zero-order valence-corrected chi connectivity index (χ0v) is 11.2. The van der Waals surface area contributed by atoms with E-state index < -0.39 is 0 Å². The Hall–Kier alpha value is -1.42. The third-order valence-electron chi connectivity index (χ3n) is 3.90. The number of hydrogen-bond donors (Lipinski definition) is 0. The predicted octanol–water partition coefficient (Wildman–Crippen LogP) is 2.03. The Kier molecular flexibility index (Phi) is 3.66. The van der Waals surface area contributed by atoms with Crippen LogP contribution in [0.4, 0.5) is 0 Å². The fraction of sp³-hybridized carbons (Fsp3) is 0.571. The van der Waals surface area contributed by atoms with Gasteiger partial charge < -0.3 is 9.64 Å². The second-order valence-corrected chi connectivity index (χ2v) is 5.15. The Balaban J connectivity index is 2.39. The first-order valence-electron chi connectivity index (χ1n) is 6.26. The Bertz CT molecular complexity index is 413. The summed E-state index contributed by atoms with van der Waals surface area (Å²) in [6.07, 6.45) is 6.42. The van der Waals surface area contributed by atoms with Crippen LogP contribution in [0, 0.1) is 5.41 Å². The van der Waals surface area contributed by atoms with Crippen LogP contribution in [0.3, 0.4) is 0 Å². The summed E-state index contributed by atoms with van der Waals surface area (Å²) in [5.41, 5.74) is 0.736. The lowest BCUT2D eigenvalue weighted by atomic mass is 9.62. The van der Waals surface area contributed by atoms with Crippen LogP contribution in [-0.2, 0) is 9.53 Å². The van der Waals surface area contributed by atoms with Gasteiger partial charge in [0.1, 0.15) is 0 Å². The molecule has 0 bridgehead atoms. The van der Waals surface area contributed by atoms with Crippen LogP contribution in [-0.4, -0.2) is 37.1 Å². The summed E-state index contributed by atoms with van der Waals surface area (Å²) < 4.78 is 5.03. The van der Waals surface area contributed by atoms with E-state index in [0.717, 1.165) is 24.8 Å². The Morgan fingerprint density at radius 2 is 2.00 bits per heavy atom. The van der Waals surface area contributed by atoms with Gasteiger partial charge in [-0.1, -0.05) is 6.42 Å². The molecule has 4 heteroatoms. The number of carbonyl (C=O) groups is 1. The molecule has 98 valence electrons. The van der Waals surface area contributed by atoms with Crippen molar-refractivity contribution < 1.29 is 9.53 Å². The van der Waals surface area contributed by atoms with Crippen LogP contribution in [0.2, 0.25) is 0 Å². The lowest BCUT2D eigenvalue weighted by molar-refractivity contribution is -0.165. The molecule has 0 aromatic carbocycles. The zero-order valence-electron chi connectivity index (χ0n) is 11.2. The summed E-state index contributed by atoms with van der Waals surface area (Å²) in [6, 6.07) is 4.02. The van der Waals surface area contributed by atoms with Crippen molar-refractivity contribution in [3.63, 3.8) is 0 Å². The number of carbonyl (C=O) groups excluding carboxylic acids is 1. The lowest BCUT2D eigenvalue weighted by Crippen LogP contribution is -2.48. The van der Waals surface area contributed by atoms with Crippen molar-refractivity contribution in [3.05, 3.63) is 30.1 Å². The highest BCUT2D eigenvalue weighted by Gasteiger charge is 2.52. The van der Waals surface area contributed by atoms with Crippen LogP contribution in [0.5, 0.6) is 0 Å². The average molecular weight is 248 g/mol. The average Bonchev–Trinajstić information content (AvgIpc) is 2.33. The Labute approximate surface area is 108 Å². The molecule has 0 saturated heterocycles. The van der Waals surface area contributed by atoms with Crippen LogP contribution in [0.15, 0.2) is 24.5 Å². The van der Waals surface area contributed by atoms with Gasteiger partial charge in [-0.15, -0.1) is 0 Å². The number of methoxy groups -OCH3 is 1. The minimum absolute atomic E-state index is 0.0571. The van der Waals surface area contributed by atoms with E-state index in [-0.39, 0.29) is 17.4 Å². The van der Waals surface area contributed by atoms with Gasteiger partial charge in [0, 0.05) is 12.4 Å². The standard InChI is InChI=1S/C14H20N2O2/c1-16(2)12(11-5-9-15-10-6-11)14(7-4-8-14)13(17)18-3/h5-6,9-10,12H,4,7-8H2,1-3H3. The fourth-order valence-electron chi connectivity index (χ4n) is 3.01. The summed E-state index contributed by atoms with van der Waals surface area (Å²) >= 11 is 0. The largest absolute Gasteiger partial charge is 0.469 e. The van der Waals surface area contributed by atoms with Gasteiger partial charge in [-0.05, 0) is 44.6 Å². The summed E-state index contributed by atoms with van der Waals surface area (Å²) in [5.74, 6) is -0.0933. The van der Waals surface area contributed by atoms with Gasteiger partial charge in [-0.25, -0.2) is 0 Å². The van der Waals surface area contributed by atoms with E-state index in [0.29, 0.717) is 0 Å². The highest BCUT2D eigenvalue weighted by molar-refractivity contribution is 5.79. The molecule has 1 aromatic rings. The van der Waals surface area contributed by atoms with Crippen molar-refractivity contribution in [2.75, 3.05) is 21.2 Å². The third kappa shape index (κ3) is 2.01. The van der Waals surface area contributed by atoms with Crippen LogP contribution in [0.1, 0.15) is 30.9 Å². The molecule has 1 unspecified atom stereocenters. The van der Waals surface area contributed by atoms with Gasteiger partial charge in [0.05, 0.1) is 18.6 Å². The van der Waals surface area contributed by atoms with Crippen molar-refractivity contribution in [1.29, 1.82) is 0 Å². The minimum atomic E-state index is -0.389. The van der Waals surface area contributed by atoms with Crippen LogP contribution >= 0.6 is 0 Å². The molecule has 2 rings (SSSR count). The summed E-state index contributed by atoms with van der Waals surface area (Å²) in [7, 11) is 5.49. The molecule has 1 saturated carbocycles. The molecule has 4 nitrogen and oxygen atoms in total. The zero-order chi connectivity index (χ0) is 13.2. The monoisotopic (exact) mass is 248 g/mol. The number of rotatable bonds is 4. The maximum Gasteiger partial charge on any atom is 0.313 e. The van der Waals surface area contributed by atoms with E-state index in [1.807, 2.05) is 26.2 Å². The quantitative estimate of drug-likeness (QED) is 0.765. The van der Waals surface area contributed by atoms with Crippen LogP contribution < -0.4 is 0 Å². The third-order valence-corrected chi connectivity index (χ3v) is 3.90. The first-order chi connectivity index (χ1) is 8.62. The van der Waals surface area contributed by atoms with Gasteiger partial charge in [0.2, 0.25) is 0 Å². The lowest BCUT2D eigenvalue weighted by Gasteiger charge is -2.47. The van der Waals surface area contributed by atoms with E-state index in [9.17, 15) is 4.79 Å². The molecular formula is C14H20N2O2. The molecule has 1 aliphatic carbocycles. The number of pyridine rings is 1. The molecule has 1 atom stereocenters. The molecule has 1 aromatic heterocycles. The predicted molar refractivity (Wildman–Crippen MR) is 69.0 cm³/mol. The number of hydrogen-bond acceptors (Lipinski definition) is 4. The van der Waals surface area contributed by atoms with Gasteiger partial charge in [0.25, 0.3) is 0 Å². The maximum absolute atomic E-state index is 12.2. The summed E-state index contributed by atoms with van der Waals surface area (Å²) in [5, 5.41) is 0. The molecule has 1 fully saturated rings. The maximum atomic E-state index is 12.2. The molecule has 0 amide bonds. The normalized spacial score (nSPS) is 19.1. The van der Waals surface area contributed by atoms with E-state index in [4.69, 9.17) is 4.74 Å². The summed E-state index contributed by atoms with van der Waals surface area (Å²) in [4.78, 5) is 18.3. The van der Waals surface area contributed by atoms with Crippen LogP contribution in [0.25, 0.3) is 0 Å². The SMILES string of the molecule is COC(=O)C1(C(c2ccncc2)N(C)C)CCC1. The van der Waals surface area contributed by atoms with Crippen molar-refractivity contribution >= 4 is 5.97 Å². The fourth-order valence-corrected chi connectivity index (χ4v) is 3.01. The molecule has 18 heavy (non-hydrogen) atoms. The van der Waals surface area contributed by atoms with Gasteiger partial charge in [-0.2, -0.15) is 0 Å². The molecular weight excluding hydrogens is 228 g/mol. The minimum Gasteiger partial charge on any atom is -0.469 e. The number of nitrogens with zero attached hydrogens (tertiary/aromatic N) is 2. The molecule has 0 radical (unpaired) electrons. The highest BCUT2D eigenvalue weighted by atomic mass is 16.5. The van der Waals surface area contributed by atoms with E-state index in [2.05, 4.69) is 9.88 Å². The number of ether oxygens (including phenoxy) is 1. The Morgan fingerprint density at radius 1 is 1.39 bits per heavy atom. The first-order valence-corrected chi connectivity index (χ1v) is 6.26. The molecule has 0 spiro atoms. The van der Waals surface area contributed by atoms with Gasteiger partial charge in [0.15, 0.2) is 0 Å². The topological polar surface area (TPSA) is 42.4 Å². The van der Waals surface area contributed by atoms with E-state index >= 15 is 0 Å². The van der Waals surface area contributed by atoms with Gasteiger partial charge in [-0.3, -0.25) is 9.78 Å². The van der Waals surface area contributed by atoms with Crippen molar-refractivity contribution in [1.82, 2.24) is 9.88 Å². The smallest absolute Gasteiger partial charge is 0.313 e. The number of esters is 1. The second kappa shape index (κ2) is 5.06. The molecule has 0 aliphatic heterocycles. The van der Waals surface area contributed by atoms with Gasteiger partial charge >= 0.3 is 5.97 Å². The highest BCUT2D eigenvalue weighted by Crippen LogP contribution is 2.52. The summed E-state index contributed by atoms with van der Waals surface area (Å²) in [6.45, 7) is 0. The number of aromatic nitrogens is 1. The van der Waals surface area contributed by atoms with E-state index in [1.165, 1.54) is 7.11 Å². The van der Waals surface area contributed by atoms with Crippen molar-refractivity contribution in [2.24, 2.45) is 5.41 Å². The molecule has 1 aliphatic rings. The van der Waals surface area contributed by atoms with E-state index in [1.54, 1.807) is 12.4 Å². The molecule has 1 heterocycles. The Morgan fingerprint density at radius 3 is 2.39 bits per heavy atom.